The maximum atomic E-state index is 2.52. The maximum absolute atomic E-state index is 2.52. The van der Waals surface area contributed by atoms with Crippen LogP contribution in [0.2, 0.25) is 0 Å². The largest absolute Gasteiger partial charge is 0.310 e. The van der Waals surface area contributed by atoms with Gasteiger partial charge in [-0.1, -0.05) is 135 Å². The highest BCUT2D eigenvalue weighted by Gasteiger charge is 2.49. The smallest absolute Gasteiger partial charge is 0.0505 e. The molecule has 0 saturated heterocycles. The Labute approximate surface area is 326 Å². The fraction of sp³-hybridized carbons (Fsp3) is 0.208. The third kappa shape index (κ3) is 6.05. The van der Waals surface area contributed by atoms with Crippen molar-refractivity contribution in [3.05, 3.63) is 204 Å². The second-order valence-corrected chi connectivity index (χ2v) is 15.9. The van der Waals surface area contributed by atoms with Crippen LogP contribution in [-0.4, -0.2) is 0 Å². The molecule has 7 aromatic rings. The second-order valence-electron chi connectivity index (χ2n) is 15.9. The van der Waals surface area contributed by atoms with Gasteiger partial charge in [-0.05, 0) is 144 Å². The van der Waals surface area contributed by atoms with Gasteiger partial charge in [0.1, 0.15) is 0 Å². The highest BCUT2D eigenvalue weighted by Crippen LogP contribution is 2.59. The molecule has 0 unspecified atom stereocenters. The molecular formula is C53H48N2. The normalized spacial score (nSPS) is 17.5. The van der Waals surface area contributed by atoms with Gasteiger partial charge in [0.2, 0.25) is 0 Å². The third-order valence-corrected chi connectivity index (χ3v) is 12.8. The standard InChI is InChI=1S/C53H48N2/c1-5-15-39(16-6-1)40-27-29-41(30-28-40)42-31-33-48(34-32-42)55(47-23-11-4-12-24-47)50-26-14-18-44-36-38-53(52(44)50)37-35-43-17-13-25-49(51(43)53)54(45-19-7-2-8-20-45)46-21-9-3-10-22-46/h2-4,7-14,17-34,39H,1,5-6,15-16,35-38H2/t53-/m1/s1. The lowest BCUT2D eigenvalue weighted by Crippen LogP contribution is -2.27. The molecule has 0 amide bonds. The first kappa shape index (κ1) is 33.7. The lowest BCUT2D eigenvalue weighted by atomic mass is 9.74. The van der Waals surface area contributed by atoms with Gasteiger partial charge in [-0.15, -0.1) is 0 Å². The van der Waals surface area contributed by atoms with Crippen molar-refractivity contribution in [2.45, 2.75) is 69.1 Å². The van der Waals surface area contributed by atoms with Crippen molar-refractivity contribution in [1.29, 1.82) is 0 Å². The van der Waals surface area contributed by atoms with E-state index in [1.165, 1.54) is 105 Å². The Morgan fingerprint density at radius 3 is 1.25 bits per heavy atom. The van der Waals surface area contributed by atoms with Gasteiger partial charge < -0.3 is 9.80 Å². The number of hydrogen-bond acceptors (Lipinski definition) is 2. The third-order valence-electron chi connectivity index (χ3n) is 12.8. The van der Waals surface area contributed by atoms with Crippen molar-refractivity contribution in [2.24, 2.45) is 0 Å². The molecule has 1 fully saturated rings. The minimum atomic E-state index is -0.104. The van der Waals surface area contributed by atoms with Gasteiger partial charge in [0.05, 0.1) is 11.4 Å². The zero-order valence-electron chi connectivity index (χ0n) is 31.6. The topological polar surface area (TPSA) is 6.48 Å². The van der Waals surface area contributed by atoms with Gasteiger partial charge >= 0.3 is 0 Å². The minimum absolute atomic E-state index is 0.104. The molecule has 1 saturated carbocycles. The summed E-state index contributed by atoms with van der Waals surface area (Å²) in [7, 11) is 0. The van der Waals surface area contributed by atoms with Crippen LogP contribution < -0.4 is 9.80 Å². The number of fused-ring (bicyclic) bond motifs is 4. The molecular weight excluding hydrogens is 665 g/mol. The summed E-state index contributed by atoms with van der Waals surface area (Å²) in [5, 5.41) is 0. The van der Waals surface area contributed by atoms with Gasteiger partial charge in [-0.25, -0.2) is 0 Å². The number of nitrogens with zero attached hydrogens (tertiary/aromatic N) is 2. The summed E-state index contributed by atoms with van der Waals surface area (Å²) in [6.07, 6.45) is 11.2. The zero-order chi connectivity index (χ0) is 36.6. The summed E-state index contributed by atoms with van der Waals surface area (Å²) in [5.41, 5.74) is 17.2. The Kier molecular flexibility index (Phi) is 8.83. The van der Waals surface area contributed by atoms with Gasteiger partial charge in [0.25, 0.3) is 0 Å². The van der Waals surface area contributed by atoms with Gasteiger partial charge in [0, 0.05) is 28.2 Å². The first-order chi connectivity index (χ1) is 27.3. The predicted octanol–water partition coefficient (Wildman–Crippen LogP) is 14.5. The van der Waals surface area contributed by atoms with Crippen LogP contribution in [0.1, 0.15) is 78.7 Å². The lowest BCUT2D eigenvalue weighted by Gasteiger charge is -2.37. The van der Waals surface area contributed by atoms with Crippen LogP contribution in [0.5, 0.6) is 0 Å². The molecule has 2 heteroatoms. The molecule has 0 radical (unpaired) electrons. The van der Waals surface area contributed by atoms with Crippen LogP contribution in [0.3, 0.4) is 0 Å². The summed E-state index contributed by atoms with van der Waals surface area (Å²) in [5.74, 6) is 0.725. The van der Waals surface area contributed by atoms with Crippen LogP contribution >= 0.6 is 0 Å². The Hall–Kier alpha value is -5.86. The highest BCUT2D eigenvalue weighted by molar-refractivity contribution is 5.86. The summed E-state index contributed by atoms with van der Waals surface area (Å²) >= 11 is 0. The van der Waals surface area contributed by atoms with E-state index < -0.39 is 0 Å². The molecule has 1 spiro atoms. The van der Waals surface area contributed by atoms with Crippen molar-refractivity contribution in [2.75, 3.05) is 9.80 Å². The number of aryl methyl sites for hydroxylation is 2. The second kappa shape index (κ2) is 14.4. The summed E-state index contributed by atoms with van der Waals surface area (Å²) in [6.45, 7) is 0. The Morgan fingerprint density at radius 2 is 0.800 bits per heavy atom. The molecule has 7 aromatic carbocycles. The van der Waals surface area contributed by atoms with E-state index in [2.05, 4.69) is 186 Å². The molecule has 3 aliphatic carbocycles. The van der Waals surface area contributed by atoms with Crippen molar-refractivity contribution >= 4 is 34.1 Å². The van der Waals surface area contributed by atoms with E-state index in [-0.39, 0.29) is 5.41 Å². The molecule has 0 aromatic heterocycles. The van der Waals surface area contributed by atoms with Gasteiger partial charge in [-0.3, -0.25) is 0 Å². The van der Waals surface area contributed by atoms with Crippen LogP contribution in [0, 0.1) is 0 Å². The molecule has 270 valence electrons. The van der Waals surface area contributed by atoms with Crippen LogP contribution in [0.4, 0.5) is 34.1 Å². The van der Waals surface area contributed by atoms with Crippen molar-refractivity contribution in [1.82, 2.24) is 0 Å². The van der Waals surface area contributed by atoms with E-state index in [0.29, 0.717) is 0 Å². The summed E-state index contributed by atoms with van der Waals surface area (Å²) in [6, 6.07) is 65.6. The Balaban J connectivity index is 1.08. The van der Waals surface area contributed by atoms with Crippen molar-refractivity contribution < 1.29 is 0 Å². The minimum Gasteiger partial charge on any atom is -0.310 e. The highest BCUT2D eigenvalue weighted by atomic mass is 15.2. The molecule has 1 atom stereocenters. The fourth-order valence-electron chi connectivity index (χ4n) is 10.3. The Morgan fingerprint density at radius 1 is 0.382 bits per heavy atom. The SMILES string of the molecule is c1ccc(N(c2ccccc2)c2cccc3c2[C@@]2(CC3)CCc3cccc(N(c4ccccc4)c4ccc(-c5ccc(C6CCCCC6)cc5)cc4)c32)cc1. The van der Waals surface area contributed by atoms with E-state index in [9.17, 15) is 0 Å². The molecule has 0 heterocycles. The van der Waals surface area contributed by atoms with Crippen molar-refractivity contribution in [3.63, 3.8) is 0 Å². The average molecular weight is 713 g/mol. The van der Waals surface area contributed by atoms with E-state index in [4.69, 9.17) is 0 Å². The monoisotopic (exact) mass is 712 g/mol. The molecule has 0 N–H and O–H groups in total. The van der Waals surface area contributed by atoms with Gasteiger partial charge in [0.15, 0.2) is 0 Å². The number of hydrogen-bond donors (Lipinski definition) is 0. The van der Waals surface area contributed by atoms with Crippen LogP contribution in [0.15, 0.2) is 176 Å². The first-order valence-electron chi connectivity index (χ1n) is 20.5. The summed E-state index contributed by atoms with van der Waals surface area (Å²) < 4.78 is 0. The number of anilines is 6. The number of para-hydroxylation sites is 3. The van der Waals surface area contributed by atoms with Crippen molar-refractivity contribution in [3.8, 4) is 11.1 Å². The molecule has 3 aliphatic rings. The van der Waals surface area contributed by atoms with E-state index >= 15 is 0 Å². The molecule has 2 nitrogen and oxygen atoms in total. The first-order valence-corrected chi connectivity index (χ1v) is 20.5. The van der Waals surface area contributed by atoms with E-state index in [1.54, 1.807) is 0 Å². The predicted molar refractivity (Wildman–Crippen MR) is 231 cm³/mol. The lowest BCUT2D eigenvalue weighted by molar-refractivity contribution is 0.443. The average Bonchev–Trinajstić information content (AvgIpc) is 3.84. The fourth-order valence-corrected chi connectivity index (χ4v) is 10.3. The summed E-state index contributed by atoms with van der Waals surface area (Å²) in [4.78, 5) is 5.01. The molecule has 0 aliphatic heterocycles. The van der Waals surface area contributed by atoms with Gasteiger partial charge in [-0.2, -0.15) is 0 Å². The number of rotatable bonds is 8. The quantitative estimate of drug-likeness (QED) is 0.155. The number of benzene rings is 7. The zero-order valence-corrected chi connectivity index (χ0v) is 31.6. The van der Waals surface area contributed by atoms with Crippen LogP contribution in [-0.2, 0) is 18.3 Å². The Bertz CT molecular complexity index is 2350. The maximum Gasteiger partial charge on any atom is 0.0505 e. The van der Waals surface area contributed by atoms with Crippen LogP contribution in [0.25, 0.3) is 11.1 Å². The molecule has 0 bridgehead atoms. The van der Waals surface area contributed by atoms with E-state index in [0.717, 1.165) is 31.6 Å². The van der Waals surface area contributed by atoms with E-state index in [1.807, 2.05) is 0 Å². The molecule has 10 rings (SSSR count). The molecule has 55 heavy (non-hydrogen) atoms.